The van der Waals surface area contributed by atoms with E-state index in [4.69, 9.17) is 6.00 Å². The molecule has 0 bridgehead atoms. The van der Waals surface area contributed by atoms with E-state index >= 15 is 0 Å². The van der Waals surface area contributed by atoms with Crippen LogP contribution in [0, 0.1) is 6.00 Å². The lowest BCUT2D eigenvalue weighted by molar-refractivity contribution is 1.46. The average molecular weight is 459 g/mol. The molecule has 120 valence electrons. The molecule has 0 aliphatic rings. The summed E-state index contributed by atoms with van der Waals surface area (Å²) in [4.78, 5) is 0. The first kappa shape index (κ1) is 19.1. The summed E-state index contributed by atoms with van der Waals surface area (Å²) < 4.78 is 0. The van der Waals surface area contributed by atoms with Crippen molar-refractivity contribution in [2.45, 2.75) is 6.04 Å². The normalized spacial score (nSPS) is 10.5. The third-order valence-corrected chi connectivity index (χ3v) is 9.58. The topological polar surface area (TPSA) is 0 Å². The summed E-state index contributed by atoms with van der Waals surface area (Å²) in [6.45, 7) is 0. The SMILES string of the molecule is C#[Si]CC[P+](c1ccccc1)(c1ccccc1)c1ccccc1.I. The van der Waals surface area contributed by atoms with Gasteiger partial charge in [0.1, 0.15) is 23.2 Å². The van der Waals surface area contributed by atoms with Gasteiger partial charge >= 0.3 is 0 Å². The number of halogens is 1. The Hall–Kier alpha value is -1.18. The van der Waals surface area contributed by atoms with Gasteiger partial charge in [0.05, 0.1) is 6.16 Å². The van der Waals surface area contributed by atoms with Crippen LogP contribution in [-0.4, -0.2) is 15.1 Å². The molecule has 3 rings (SSSR count). The van der Waals surface area contributed by atoms with E-state index in [0.717, 1.165) is 12.2 Å². The van der Waals surface area contributed by atoms with E-state index < -0.39 is 7.26 Å². The predicted octanol–water partition coefficient (Wildman–Crippen LogP) is 4.31. The molecule has 0 saturated heterocycles. The first-order chi connectivity index (χ1) is 11.4. The fourth-order valence-corrected chi connectivity index (χ4v) is 8.68. The standard InChI is InChI=1S/C21H20PSi.HI/c1-23-18-17-22(19-11-5-2-6-12-19,20-13-7-3-8-14-20)21-15-9-4-10-16-21;/h1-16H,17-18H2;1H/q+1;. The Morgan fingerprint density at radius 1 is 0.625 bits per heavy atom. The van der Waals surface area contributed by atoms with Gasteiger partial charge in [0.25, 0.3) is 0 Å². The maximum Gasteiger partial charge on any atom is 0.112 e. The molecule has 0 aliphatic heterocycles. The molecule has 0 atom stereocenters. The van der Waals surface area contributed by atoms with Gasteiger partial charge in [0, 0.05) is 6.04 Å². The molecule has 0 spiro atoms. The highest BCUT2D eigenvalue weighted by Gasteiger charge is 2.44. The summed E-state index contributed by atoms with van der Waals surface area (Å²) in [5.41, 5.74) is 0. The molecule has 0 saturated carbocycles. The van der Waals surface area contributed by atoms with Crippen LogP contribution in [0.2, 0.25) is 6.04 Å². The minimum Gasteiger partial charge on any atom is -0.158 e. The van der Waals surface area contributed by atoms with Crippen molar-refractivity contribution in [1.82, 2.24) is 0 Å². The third-order valence-electron chi connectivity index (χ3n) is 4.18. The highest BCUT2D eigenvalue weighted by Crippen LogP contribution is 2.55. The van der Waals surface area contributed by atoms with Gasteiger partial charge in [-0.2, -0.15) is 6.00 Å². The van der Waals surface area contributed by atoms with Gasteiger partial charge in [-0.15, -0.1) is 24.0 Å². The second-order valence-corrected chi connectivity index (χ2v) is 10.0. The van der Waals surface area contributed by atoms with Crippen molar-refractivity contribution in [3.05, 3.63) is 91.0 Å². The molecule has 0 aliphatic carbocycles. The number of benzene rings is 3. The molecule has 0 fully saturated rings. The van der Waals surface area contributed by atoms with Crippen LogP contribution in [0.4, 0.5) is 0 Å². The minimum atomic E-state index is -1.64. The van der Waals surface area contributed by atoms with Gasteiger partial charge in [-0.25, -0.2) is 0 Å². The Balaban J connectivity index is 0.00000208. The molecule has 0 unspecified atom stereocenters. The molecule has 3 heteroatoms. The van der Waals surface area contributed by atoms with Gasteiger partial charge in [-0.1, -0.05) is 54.6 Å². The second kappa shape index (κ2) is 9.34. The predicted molar refractivity (Wildman–Crippen MR) is 121 cm³/mol. The van der Waals surface area contributed by atoms with Crippen LogP contribution < -0.4 is 15.9 Å². The molecular formula is C21H21IPSi+. The molecule has 0 N–H and O–H groups in total. The van der Waals surface area contributed by atoms with Gasteiger partial charge in [-0.3, -0.25) is 0 Å². The van der Waals surface area contributed by atoms with Gasteiger partial charge in [-0.05, 0) is 45.4 Å². The van der Waals surface area contributed by atoms with Gasteiger partial charge < -0.3 is 0 Å². The van der Waals surface area contributed by atoms with Crippen molar-refractivity contribution in [2.24, 2.45) is 0 Å². The Morgan fingerprint density at radius 3 is 1.25 bits per heavy atom. The van der Waals surface area contributed by atoms with Crippen LogP contribution in [0.25, 0.3) is 0 Å². The minimum absolute atomic E-state index is 0. The van der Waals surface area contributed by atoms with Crippen molar-refractivity contribution in [2.75, 3.05) is 6.16 Å². The molecule has 3 aromatic rings. The van der Waals surface area contributed by atoms with Crippen LogP contribution >= 0.6 is 31.2 Å². The van der Waals surface area contributed by atoms with Crippen molar-refractivity contribution in [1.29, 1.82) is 0 Å². The molecular weight excluding hydrogens is 438 g/mol. The van der Waals surface area contributed by atoms with Gasteiger partial charge in [0.2, 0.25) is 0 Å². The molecule has 0 heterocycles. The van der Waals surface area contributed by atoms with Crippen LogP contribution in [0.3, 0.4) is 0 Å². The molecule has 0 nitrogen and oxygen atoms in total. The average Bonchev–Trinajstić information content (AvgIpc) is 2.65. The highest BCUT2D eigenvalue weighted by atomic mass is 127. The first-order valence-corrected chi connectivity index (χ1v) is 11.1. The van der Waals surface area contributed by atoms with E-state index in [9.17, 15) is 0 Å². The molecule has 24 heavy (non-hydrogen) atoms. The van der Waals surface area contributed by atoms with Crippen LogP contribution in [0.1, 0.15) is 0 Å². The van der Waals surface area contributed by atoms with E-state index in [1.165, 1.54) is 15.9 Å². The fourth-order valence-electron chi connectivity index (χ4n) is 3.11. The van der Waals surface area contributed by atoms with Crippen molar-refractivity contribution < 1.29 is 0 Å². The number of rotatable bonds is 5. The van der Waals surface area contributed by atoms with Crippen LogP contribution in [0.15, 0.2) is 91.0 Å². The zero-order chi connectivity index (χ0) is 16.0. The fraction of sp³-hybridized carbons (Fsp3) is 0.0952. The summed E-state index contributed by atoms with van der Waals surface area (Å²) >= 11 is 0. The zero-order valence-corrected chi connectivity index (χ0v) is 17.7. The lowest BCUT2D eigenvalue weighted by Crippen LogP contribution is -2.33. The Labute approximate surface area is 164 Å². The summed E-state index contributed by atoms with van der Waals surface area (Å²) in [6.07, 6.45) is 1.12. The molecule has 3 aromatic carbocycles. The van der Waals surface area contributed by atoms with E-state index in [0.29, 0.717) is 8.96 Å². The van der Waals surface area contributed by atoms with Crippen molar-refractivity contribution in [3.63, 3.8) is 0 Å². The Kier molecular flexibility index (Phi) is 7.45. The monoisotopic (exact) mass is 459 g/mol. The lowest BCUT2D eigenvalue weighted by atomic mass is 10.4. The highest BCUT2D eigenvalue weighted by molar-refractivity contribution is 14.0. The second-order valence-electron chi connectivity index (χ2n) is 5.49. The van der Waals surface area contributed by atoms with Crippen molar-refractivity contribution in [3.8, 4) is 6.00 Å². The van der Waals surface area contributed by atoms with E-state index in [2.05, 4.69) is 91.0 Å². The van der Waals surface area contributed by atoms with Gasteiger partial charge in [0.15, 0.2) is 0 Å². The number of hydrogen-bond donors (Lipinski definition) is 0. The Morgan fingerprint density at radius 2 is 0.958 bits per heavy atom. The molecule has 0 amide bonds. The zero-order valence-electron chi connectivity index (χ0n) is 13.5. The van der Waals surface area contributed by atoms with E-state index in [1.807, 2.05) is 0 Å². The summed E-state index contributed by atoms with van der Waals surface area (Å²) in [6, 6.07) is 39.9. The summed E-state index contributed by atoms with van der Waals surface area (Å²) in [5, 5.41) is 4.32. The van der Waals surface area contributed by atoms with E-state index in [1.54, 1.807) is 0 Å². The maximum atomic E-state index is 5.92. The lowest BCUT2D eigenvalue weighted by Gasteiger charge is -2.27. The van der Waals surface area contributed by atoms with Crippen LogP contribution in [0.5, 0.6) is 0 Å². The molecule has 0 radical (unpaired) electrons. The summed E-state index contributed by atoms with van der Waals surface area (Å²) in [5.74, 6) is 0. The quantitative estimate of drug-likeness (QED) is 0.303. The Bertz CT molecular complexity index is 686. The maximum absolute atomic E-state index is 5.92. The largest absolute Gasteiger partial charge is 0.158 e. The molecule has 0 aromatic heterocycles. The summed E-state index contributed by atoms with van der Waals surface area (Å²) in [7, 11) is -1.15. The number of hydrogen-bond acceptors (Lipinski definition) is 0. The third kappa shape index (κ3) is 3.89. The van der Waals surface area contributed by atoms with Crippen LogP contribution in [-0.2, 0) is 0 Å². The first-order valence-electron chi connectivity index (χ1n) is 7.86. The van der Waals surface area contributed by atoms with Crippen molar-refractivity contribution >= 4 is 56.1 Å². The van der Waals surface area contributed by atoms with E-state index in [-0.39, 0.29) is 24.0 Å². The smallest absolute Gasteiger partial charge is 0.112 e.